The monoisotopic (exact) mass is 1100 g/mol. The number of pyridine rings is 1. The van der Waals surface area contributed by atoms with Crippen LogP contribution in [0, 0.1) is 23.0 Å². The number of aliphatic hydroxyl groups excluding tert-OH is 1. The Labute approximate surface area is 415 Å². The van der Waals surface area contributed by atoms with Crippen molar-refractivity contribution in [1.29, 1.82) is 0 Å². The van der Waals surface area contributed by atoms with Gasteiger partial charge in [0.05, 0.1) is 50.7 Å². The molecule has 2 aromatic carbocycles. The molecule has 15 nitrogen and oxygen atoms in total. The van der Waals surface area contributed by atoms with Crippen molar-refractivity contribution < 1.29 is 80.2 Å². The van der Waals surface area contributed by atoms with Gasteiger partial charge in [0.15, 0.2) is 28.1 Å². The molecule has 1 saturated carbocycles. The van der Waals surface area contributed by atoms with Crippen LogP contribution in [-0.2, 0) is 72.2 Å². The van der Waals surface area contributed by atoms with Gasteiger partial charge in [-0.05, 0) is 89.1 Å². The van der Waals surface area contributed by atoms with Gasteiger partial charge >= 0.3 is 18.3 Å². The van der Waals surface area contributed by atoms with Crippen LogP contribution in [0.15, 0.2) is 42.5 Å². The number of anilines is 1. The summed E-state index contributed by atoms with van der Waals surface area (Å²) in [5.41, 5.74) is -6.68. The molecule has 2 aliphatic carbocycles. The highest BCUT2D eigenvalue weighted by Gasteiger charge is 2.68. The standard InChI is InChI=1S/C45H46ClF10N7O8S2/c1-41(2,20-64)40(66)71-21-63(73(6,69)70)39-34-30(46)10-9-27(36(34)62(60-39)19-43(49,50)51)26-8-7-25(11-12-42(3,4)72(5,67)68)57-35(26)31(15-22-13-23(47)16-24(48)14-22)58-32(65)18-61-38-33(37(59-61)45(54,55)56)28-17-29(28)44(38,52)53/h7-10,13-14,16,28-29,31,64H,11-12,15,17-21H2,1-6H3,(H,58,65)/t28-,29?,31-/m0/s1. The largest absolute Gasteiger partial charge is 0.443 e. The summed E-state index contributed by atoms with van der Waals surface area (Å²) in [6, 6.07) is 5.32. The van der Waals surface area contributed by atoms with E-state index in [4.69, 9.17) is 21.3 Å². The van der Waals surface area contributed by atoms with E-state index in [1.807, 2.05) is 0 Å². The average Bonchev–Trinajstić information content (AvgIpc) is 3.76. The van der Waals surface area contributed by atoms with Crippen LogP contribution in [-0.4, -0.2) is 95.1 Å². The van der Waals surface area contributed by atoms with E-state index >= 15 is 8.78 Å². The summed E-state index contributed by atoms with van der Waals surface area (Å²) in [6.45, 7) is 0.178. The molecule has 28 heteroatoms. The number of carbonyl (C=O) groups excluding carboxylic acids is 2. The number of carbonyl (C=O) groups is 2. The van der Waals surface area contributed by atoms with E-state index in [1.54, 1.807) is 0 Å². The minimum atomic E-state index is -5.21. The lowest BCUT2D eigenvalue weighted by Crippen LogP contribution is -2.38. The molecule has 3 aromatic heterocycles. The van der Waals surface area contributed by atoms with Crippen molar-refractivity contribution in [2.24, 2.45) is 11.3 Å². The first-order valence-corrected chi connectivity index (χ1v) is 26.1. The number of halogens is 11. The van der Waals surface area contributed by atoms with Crippen molar-refractivity contribution in [2.75, 3.05) is 30.2 Å². The normalized spacial score (nSPS) is 17.3. The van der Waals surface area contributed by atoms with Crippen molar-refractivity contribution in [3.63, 3.8) is 0 Å². The van der Waals surface area contributed by atoms with E-state index in [0.717, 1.165) is 30.5 Å². The minimum absolute atomic E-state index is 0.0595. The fourth-order valence-electron chi connectivity index (χ4n) is 8.54. The van der Waals surface area contributed by atoms with Crippen LogP contribution in [0.3, 0.4) is 0 Å². The SMILES string of the molecule is CC(C)(CO)C(=O)OCN(c1nn(CC(F)(F)F)c2c(-c3ccc(CCC(C)(C)S(C)(=O)=O)nc3[C@H](Cc3cc(F)cc(F)c3)NC(=O)Cn3nc(C(F)(F)F)c4c3C(F)(F)C3C[C@H]43)ccc(Cl)c12)S(C)(=O)=O. The van der Waals surface area contributed by atoms with Gasteiger partial charge in [-0.15, -0.1) is 0 Å². The molecule has 0 bridgehead atoms. The Kier molecular flexibility index (Phi) is 14.4. The molecule has 1 fully saturated rings. The van der Waals surface area contributed by atoms with Crippen molar-refractivity contribution in [3.05, 3.63) is 93.0 Å². The molecule has 398 valence electrons. The number of aromatic nitrogens is 5. The molecule has 0 radical (unpaired) electrons. The number of rotatable bonds is 18. The van der Waals surface area contributed by atoms with Crippen LogP contribution in [0.25, 0.3) is 22.0 Å². The first-order valence-electron chi connectivity index (χ1n) is 22.0. The number of hydrogen-bond acceptors (Lipinski definition) is 11. The first-order chi connectivity index (χ1) is 33.4. The van der Waals surface area contributed by atoms with E-state index < -0.39 is 161 Å². The van der Waals surface area contributed by atoms with Gasteiger partial charge in [0.2, 0.25) is 15.9 Å². The van der Waals surface area contributed by atoms with Gasteiger partial charge in [-0.25, -0.2) is 29.9 Å². The predicted octanol–water partition coefficient (Wildman–Crippen LogP) is 8.16. The van der Waals surface area contributed by atoms with E-state index in [0.29, 0.717) is 21.3 Å². The fraction of sp³-hybridized carbons (Fsp3) is 0.489. The van der Waals surface area contributed by atoms with Crippen LogP contribution in [0.4, 0.5) is 49.7 Å². The summed E-state index contributed by atoms with van der Waals surface area (Å²) in [4.78, 5) is 31.8. The summed E-state index contributed by atoms with van der Waals surface area (Å²) >= 11 is 6.67. The smallest absolute Gasteiger partial charge is 0.435 e. The zero-order valence-corrected chi connectivity index (χ0v) is 41.8. The second kappa shape index (κ2) is 19.0. The summed E-state index contributed by atoms with van der Waals surface area (Å²) in [6.07, 6.45) is -9.90. The maximum Gasteiger partial charge on any atom is 0.435 e. The summed E-state index contributed by atoms with van der Waals surface area (Å²) in [5.74, 6) is -12.0. The number of sulfonamides is 1. The predicted molar refractivity (Wildman–Crippen MR) is 243 cm³/mol. The number of aryl methyl sites for hydroxylation is 1. The molecule has 0 spiro atoms. The second-order valence-electron chi connectivity index (χ2n) is 19.3. The van der Waals surface area contributed by atoms with Gasteiger partial charge < -0.3 is 15.2 Å². The number of aliphatic hydroxyl groups is 1. The third-order valence-electron chi connectivity index (χ3n) is 12.8. The highest BCUT2D eigenvalue weighted by Crippen LogP contribution is 2.68. The van der Waals surface area contributed by atoms with Gasteiger partial charge in [0.25, 0.3) is 5.92 Å². The highest BCUT2D eigenvalue weighted by molar-refractivity contribution is 7.92. The first kappa shape index (κ1) is 55.2. The van der Waals surface area contributed by atoms with Gasteiger partial charge in [0.1, 0.15) is 30.4 Å². The van der Waals surface area contributed by atoms with Crippen LogP contribution >= 0.6 is 11.6 Å². The Morgan fingerprint density at radius 2 is 1.58 bits per heavy atom. The molecule has 1 amide bonds. The second-order valence-corrected chi connectivity index (χ2v) is 24.3. The highest BCUT2D eigenvalue weighted by atomic mass is 35.5. The average molecular weight is 1100 g/mol. The lowest BCUT2D eigenvalue weighted by atomic mass is 9.93. The summed E-state index contributed by atoms with van der Waals surface area (Å²) in [7, 11) is -8.37. The maximum atomic E-state index is 15.6. The lowest BCUT2D eigenvalue weighted by Gasteiger charge is -2.25. The zero-order valence-electron chi connectivity index (χ0n) is 39.4. The van der Waals surface area contributed by atoms with Crippen molar-refractivity contribution in [2.45, 2.75) is 101 Å². The number of esters is 1. The van der Waals surface area contributed by atoms with Crippen molar-refractivity contribution in [3.8, 4) is 11.1 Å². The van der Waals surface area contributed by atoms with E-state index in [1.165, 1.54) is 39.8 Å². The van der Waals surface area contributed by atoms with E-state index in [9.17, 15) is 66.7 Å². The molecule has 7 rings (SSSR count). The lowest BCUT2D eigenvalue weighted by molar-refractivity contribution is -0.155. The Hall–Kier alpha value is -5.54. The topological polar surface area (TPSA) is 196 Å². The van der Waals surface area contributed by atoms with E-state index in [-0.39, 0.29) is 52.0 Å². The molecule has 2 aliphatic rings. The molecular weight excluding hydrogens is 1060 g/mol. The number of amides is 1. The Morgan fingerprint density at radius 3 is 2.15 bits per heavy atom. The molecule has 1 unspecified atom stereocenters. The number of ether oxygens (including phenoxy) is 1. The van der Waals surface area contributed by atoms with Crippen molar-refractivity contribution >= 4 is 60.1 Å². The van der Waals surface area contributed by atoms with Gasteiger partial charge in [-0.2, -0.15) is 45.3 Å². The van der Waals surface area contributed by atoms with Crippen molar-refractivity contribution in [1.82, 2.24) is 29.9 Å². The molecule has 3 heterocycles. The number of sulfone groups is 1. The number of nitrogens with zero attached hydrogens (tertiary/aromatic N) is 6. The third-order valence-corrected chi connectivity index (χ3v) is 16.4. The molecule has 0 saturated heterocycles. The number of hydrogen-bond donors (Lipinski definition) is 2. The van der Waals surface area contributed by atoms with Crippen LogP contribution in [0.5, 0.6) is 0 Å². The number of fused-ring (bicyclic) bond motifs is 4. The molecule has 0 aliphatic heterocycles. The quantitative estimate of drug-likeness (QED) is 0.0488. The summed E-state index contributed by atoms with van der Waals surface area (Å²) < 4.78 is 204. The number of nitrogens with one attached hydrogen (secondary N) is 1. The molecule has 73 heavy (non-hydrogen) atoms. The molecule has 5 aromatic rings. The Morgan fingerprint density at radius 1 is 0.945 bits per heavy atom. The van der Waals surface area contributed by atoms with Gasteiger partial charge in [-0.3, -0.25) is 23.9 Å². The Balaban J connectivity index is 1.45. The molecular formula is C45H46ClF10N7O8S2. The summed E-state index contributed by atoms with van der Waals surface area (Å²) in [5, 5.41) is 18.7. The number of alkyl halides is 8. The maximum absolute atomic E-state index is 15.6. The molecule has 3 atom stereocenters. The third kappa shape index (κ3) is 11.3. The Bertz CT molecular complexity index is 3230. The van der Waals surface area contributed by atoms with E-state index in [2.05, 4.69) is 15.5 Å². The van der Waals surface area contributed by atoms with Crippen LogP contribution < -0.4 is 9.62 Å². The zero-order chi connectivity index (χ0) is 54.3. The molecule has 2 N–H and O–H groups in total. The van der Waals surface area contributed by atoms with Crippen LogP contribution in [0.2, 0.25) is 5.02 Å². The minimum Gasteiger partial charge on any atom is -0.443 e. The van der Waals surface area contributed by atoms with Gasteiger partial charge in [-0.1, -0.05) is 23.7 Å². The van der Waals surface area contributed by atoms with Crippen LogP contribution in [0.1, 0.15) is 86.4 Å². The van der Waals surface area contributed by atoms with Gasteiger partial charge in [0, 0.05) is 40.6 Å². The number of benzene rings is 2. The fourth-order valence-corrected chi connectivity index (χ4v) is 9.94.